The number of likely N-dealkylation sites (N-methyl/N-ethyl adjacent to an activating group) is 1. The number of piperazine rings is 1. The van der Waals surface area contributed by atoms with Crippen molar-refractivity contribution in [2.24, 2.45) is 5.92 Å². The molecule has 190 valence electrons. The zero-order chi connectivity index (χ0) is 24.6. The topological polar surface area (TPSA) is 103 Å². The van der Waals surface area contributed by atoms with E-state index in [4.69, 9.17) is 4.42 Å². The highest BCUT2D eigenvalue weighted by atomic mass is 32.2. The molecule has 5 rings (SSSR count). The first-order chi connectivity index (χ1) is 16.8. The number of aryl methyl sites for hydroxylation is 1. The third-order valence-corrected chi connectivity index (χ3v) is 9.13. The van der Waals surface area contributed by atoms with Gasteiger partial charge in [-0.25, -0.2) is 4.79 Å². The van der Waals surface area contributed by atoms with Gasteiger partial charge in [0.25, 0.3) is 0 Å². The fraction of sp³-hybridized carbons (Fsp3) is 0.577. The van der Waals surface area contributed by atoms with Crippen LogP contribution in [0.15, 0.2) is 33.5 Å². The lowest BCUT2D eigenvalue weighted by molar-refractivity contribution is 0.223. The Bertz CT molecular complexity index is 1230. The Balaban J connectivity index is 1.47. The van der Waals surface area contributed by atoms with E-state index in [0.29, 0.717) is 56.0 Å². The third kappa shape index (κ3) is 5.27. The van der Waals surface area contributed by atoms with E-state index < -0.39 is 15.8 Å². The first kappa shape index (κ1) is 24.3. The molecule has 0 bridgehead atoms. The molecule has 1 saturated heterocycles. The van der Waals surface area contributed by atoms with Crippen molar-refractivity contribution in [3.05, 3.63) is 57.1 Å². The van der Waals surface area contributed by atoms with Crippen molar-refractivity contribution in [2.45, 2.75) is 57.3 Å². The summed E-state index contributed by atoms with van der Waals surface area (Å²) in [5.74, 6) is 0.604. The number of anilines is 1. The van der Waals surface area contributed by atoms with Crippen molar-refractivity contribution in [2.75, 3.05) is 37.9 Å². The summed E-state index contributed by atoms with van der Waals surface area (Å²) in [5, 5.41) is 11.3. The number of benzene rings is 1. The molecule has 35 heavy (non-hydrogen) atoms. The van der Waals surface area contributed by atoms with E-state index in [0.717, 1.165) is 49.7 Å². The predicted octanol–water partition coefficient (Wildman–Crippen LogP) is 3.45. The molecule has 1 unspecified atom stereocenters. The summed E-state index contributed by atoms with van der Waals surface area (Å²) in [6.45, 7) is 2.27. The van der Waals surface area contributed by atoms with Crippen LogP contribution < -0.4 is 10.3 Å². The molecule has 2 N–H and O–H groups in total. The Morgan fingerprint density at radius 1 is 1.06 bits per heavy atom. The maximum atomic E-state index is 13.2. The second kappa shape index (κ2) is 9.95. The van der Waals surface area contributed by atoms with Gasteiger partial charge in [-0.2, -0.15) is 12.7 Å². The van der Waals surface area contributed by atoms with Gasteiger partial charge in [-0.05, 0) is 62.8 Å². The van der Waals surface area contributed by atoms with Gasteiger partial charge >= 0.3 is 15.8 Å². The van der Waals surface area contributed by atoms with Crippen LogP contribution in [0.3, 0.4) is 0 Å². The molecule has 2 aromatic rings. The van der Waals surface area contributed by atoms with Crippen LogP contribution in [0, 0.1) is 5.92 Å². The van der Waals surface area contributed by atoms with Crippen molar-refractivity contribution >= 4 is 15.9 Å². The van der Waals surface area contributed by atoms with Crippen molar-refractivity contribution in [1.82, 2.24) is 9.21 Å². The number of hydrogen-bond acceptors (Lipinski definition) is 6. The summed E-state index contributed by atoms with van der Waals surface area (Å²) in [6, 6.07) is 7.24. The molecule has 2 aliphatic carbocycles. The molecule has 1 saturated carbocycles. The molecule has 9 heteroatoms. The van der Waals surface area contributed by atoms with Gasteiger partial charge in [0.2, 0.25) is 0 Å². The minimum absolute atomic E-state index is 0.0819. The van der Waals surface area contributed by atoms with E-state index in [9.17, 15) is 18.3 Å². The highest BCUT2D eigenvalue weighted by Gasteiger charge is 2.38. The summed E-state index contributed by atoms with van der Waals surface area (Å²) < 4.78 is 35.9. The van der Waals surface area contributed by atoms with Gasteiger partial charge in [0.15, 0.2) is 0 Å². The smallest absolute Gasteiger partial charge is 0.343 e. The Kier molecular flexibility index (Phi) is 6.92. The van der Waals surface area contributed by atoms with Gasteiger partial charge in [-0.1, -0.05) is 25.0 Å². The van der Waals surface area contributed by atoms with Crippen LogP contribution >= 0.6 is 0 Å². The zero-order valence-corrected chi connectivity index (χ0v) is 21.1. The molecular formula is C26H35N3O5S. The predicted molar refractivity (Wildman–Crippen MR) is 135 cm³/mol. The van der Waals surface area contributed by atoms with Gasteiger partial charge in [-0.3, -0.25) is 4.72 Å². The van der Waals surface area contributed by atoms with Crippen LogP contribution in [-0.2, 0) is 23.1 Å². The second-order valence-electron chi connectivity index (χ2n) is 10.2. The number of nitrogens with zero attached hydrogens (tertiary/aromatic N) is 2. The third-order valence-electron chi connectivity index (χ3n) is 7.59. The summed E-state index contributed by atoms with van der Waals surface area (Å²) in [5.41, 5.74) is 1.91. The van der Waals surface area contributed by atoms with Crippen LogP contribution in [0.1, 0.15) is 66.9 Å². The lowest BCUT2D eigenvalue weighted by Crippen LogP contribution is -2.48. The molecule has 1 atom stereocenters. The zero-order valence-electron chi connectivity index (χ0n) is 20.3. The van der Waals surface area contributed by atoms with E-state index in [1.165, 1.54) is 4.31 Å². The lowest BCUT2D eigenvalue weighted by atomic mass is 9.85. The molecule has 0 radical (unpaired) electrons. The molecule has 1 aromatic heterocycles. The fourth-order valence-corrected chi connectivity index (χ4v) is 6.63. The van der Waals surface area contributed by atoms with Crippen LogP contribution in [0.4, 0.5) is 5.69 Å². The summed E-state index contributed by atoms with van der Waals surface area (Å²) >= 11 is 0. The van der Waals surface area contributed by atoms with E-state index in [2.05, 4.69) is 9.62 Å². The SMILES string of the molecule is CN1CCN(S(=O)(=O)Nc2cccc(C(c3c(O)c4c(oc3=O)CCCCCC4)C3CC3)c2)CC1. The van der Waals surface area contributed by atoms with Crippen molar-refractivity contribution in [1.29, 1.82) is 0 Å². The Morgan fingerprint density at radius 3 is 2.49 bits per heavy atom. The molecule has 3 aliphatic rings. The Morgan fingerprint density at radius 2 is 1.77 bits per heavy atom. The van der Waals surface area contributed by atoms with E-state index in [1.54, 1.807) is 18.2 Å². The van der Waals surface area contributed by atoms with Crippen LogP contribution in [0.2, 0.25) is 0 Å². The standard InChI is InChI=1S/C26H35N3O5S/c1-28-13-15-29(16-14-28)35(32,33)27-20-8-6-7-19(17-20)23(18-11-12-18)24-25(30)21-9-4-2-3-5-10-22(21)34-26(24)31/h6-8,17-18,23,27,30H,2-5,9-16H2,1H3. The highest BCUT2D eigenvalue weighted by molar-refractivity contribution is 7.90. The number of aromatic hydroxyl groups is 1. The molecule has 2 fully saturated rings. The molecule has 8 nitrogen and oxygen atoms in total. The normalized spacial score (nSPS) is 21.1. The fourth-order valence-electron chi connectivity index (χ4n) is 5.44. The first-order valence-electron chi connectivity index (χ1n) is 12.8. The monoisotopic (exact) mass is 501 g/mol. The maximum Gasteiger partial charge on any atom is 0.343 e. The number of fused-ring (bicyclic) bond motifs is 1. The Labute approximate surface area is 207 Å². The molecule has 1 aliphatic heterocycles. The number of hydrogen-bond donors (Lipinski definition) is 2. The maximum absolute atomic E-state index is 13.2. The summed E-state index contributed by atoms with van der Waals surface area (Å²) in [6.07, 6.45) is 7.43. The Hall–Kier alpha value is -2.36. The van der Waals surface area contributed by atoms with Gasteiger partial charge in [0.05, 0.1) is 11.3 Å². The molecular weight excluding hydrogens is 466 g/mol. The van der Waals surface area contributed by atoms with Crippen molar-refractivity contribution in [3.63, 3.8) is 0 Å². The molecule has 0 spiro atoms. The quantitative estimate of drug-likeness (QED) is 0.629. The average Bonchev–Trinajstić information content (AvgIpc) is 3.63. The van der Waals surface area contributed by atoms with E-state index >= 15 is 0 Å². The lowest BCUT2D eigenvalue weighted by Gasteiger charge is -2.31. The van der Waals surface area contributed by atoms with Crippen LogP contribution in [0.25, 0.3) is 0 Å². The number of nitrogens with one attached hydrogen (secondary N) is 1. The van der Waals surface area contributed by atoms with Crippen LogP contribution in [-0.4, -0.2) is 56.0 Å². The van der Waals surface area contributed by atoms with Crippen molar-refractivity contribution in [3.8, 4) is 5.75 Å². The average molecular weight is 502 g/mol. The second-order valence-corrected chi connectivity index (χ2v) is 11.9. The molecule has 1 aromatic carbocycles. The van der Waals surface area contributed by atoms with Crippen molar-refractivity contribution < 1.29 is 17.9 Å². The van der Waals surface area contributed by atoms with E-state index in [-0.39, 0.29) is 17.6 Å². The van der Waals surface area contributed by atoms with Gasteiger partial charge in [-0.15, -0.1) is 0 Å². The van der Waals surface area contributed by atoms with E-state index in [1.807, 2.05) is 13.1 Å². The first-order valence-corrected chi connectivity index (χ1v) is 14.2. The molecule has 0 amide bonds. The largest absolute Gasteiger partial charge is 0.507 e. The minimum Gasteiger partial charge on any atom is -0.507 e. The van der Waals surface area contributed by atoms with Gasteiger partial charge in [0.1, 0.15) is 11.5 Å². The number of rotatable bonds is 6. The minimum atomic E-state index is -3.68. The van der Waals surface area contributed by atoms with Gasteiger partial charge in [0, 0.05) is 44.1 Å². The van der Waals surface area contributed by atoms with Crippen LogP contribution in [0.5, 0.6) is 5.75 Å². The highest BCUT2D eigenvalue weighted by Crippen LogP contribution is 2.49. The molecule has 2 heterocycles. The summed E-state index contributed by atoms with van der Waals surface area (Å²) in [4.78, 5) is 15.3. The van der Waals surface area contributed by atoms with Gasteiger partial charge < -0.3 is 14.4 Å². The summed E-state index contributed by atoms with van der Waals surface area (Å²) in [7, 11) is -1.70.